The lowest BCUT2D eigenvalue weighted by molar-refractivity contribution is 0.0362. The number of nitrogens with two attached hydrogens (primary N) is 1. The minimum Gasteiger partial charge on any atom is -0.457 e. The summed E-state index contributed by atoms with van der Waals surface area (Å²) in [5.41, 5.74) is 6.19. The predicted molar refractivity (Wildman–Crippen MR) is 65.9 cm³/mol. The van der Waals surface area contributed by atoms with Gasteiger partial charge in [-0.3, -0.25) is 0 Å². The topological polar surface area (TPSA) is 86.5 Å². The van der Waals surface area contributed by atoms with Crippen molar-refractivity contribution in [1.29, 1.82) is 0 Å². The van der Waals surface area contributed by atoms with Gasteiger partial charge in [-0.1, -0.05) is 0 Å². The van der Waals surface area contributed by atoms with Crippen molar-refractivity contribution >= 4 is 32.8 Å². The van der Waals surface area contributed by atoms with Gasteiger partial charge in [0.05, 0.1) is 11.5 Å². The van der Waals surface area contributed by atoms with Gasteiger partial charge in [-0.15, -0.1) is 11.3 Å². The zero-order valence-electron chi connectivity index (χ0n) is 9.30. The van der Waals surface area contributed by atoms with E-state index in [1.807, 2.05) is 6.92 Å². The summed E-state index contributed by atoms with van der Waals surface area (Å²) < 4.78 is 27.6. The van der Waals surface area contributed by atoms with Crippen LogP contribution in [0.5, 0.6) is 0 Å². The maximum Gasteiger partial charge on any atom is 0.348 e. The van der Waals surface area contributed by atoms with Crippen LogP contribution in [0.3, 0.4) is 0 Å². The molecule has 2 rings (SSSR count). The lowest BCUT2D eigenvalue weighted by atomic mass is 10.3. The van der Waals surface area contributed by atoms with Crippen LogP contribution >= 0.6 is 11.3 Å². The van der Waals surface area contributed by atoms with Crippen LogP contribution < -0.4 is 5.73 Å². The Morgan fingerprint density at radius 3 is 2.76 bits per heavy atom. The number of nitrogen functional groups attached to an aromatic ring is 1. The van der Waals surface area contributed by atoms with Gasteiger partial charge in [0, 0.05) is 10.6 Å². The van der Waals surface area contributed by atoms with Crippen LogP contribution in [0, 0.1) is 6.92 Å². The van der Waals surface area contributed by atoms with E-state index in [0.29, 0.717) is 17.0 Å². The molecule has 1 unspecified atom stereocenters. The van der Waals surface area contributed by atoms with Gasteiger partial charge in [-0.05, 0) is 19.4 Å². The number of hydrogen-bond acceptors (Lipinski definition) is 6. The van der Waals surface area contributed by atoms with Crippen molar-refractivity contribution < 1.29 is 17.9 Å². The molecule has 0 aliphatic carbocycles. The van der Waals surface area contributed by atoms with Crippen molar-refractivity contribution in [1.82, 2.24) is 0 Å². The smallest absolute Gasteiger partial charge is 0.348 e. The first-order chi connectivity index (χ1) is 7.87. The number of carbonyl (C=O) groups excluding carboxylic acids is 1. The standard InChI is InChI=1S/C10H13NO4S2/c1-6-8(11)4-9(16-6)10(12)15-7-2-3-17(13,14)5-7/h4,7H,2-3,5,11H2,1H3. The number of aryl methyl sites for hydroxylation is 1. The van der Waals surface area contributed by atoms with E-state index < -0.39 is 21.9 Å². The summed E-state index contributed by atoms with van der Waals surface area (Å²) in [6.45, 7) is 1.82. The molecule has 0 aromatic carbocycles. The maximum atomic E-state index is 11.7. The molecule has 1 aromatic rings. The first kappa shape index (κ1) is 12.4. The minimum atomic E-state index is -3.02. The zero-order valence-corrected chi connectivity index (χ0v) is 10.9. The average molecular weight is 275 g/mol. The molecule has 1 aromatic heterocycles. The first-order valence-corrected chi connectivity index (χ1v) is 7.78. The van der Waals surface area contributed by atoms with E-state index in [0.717, 1.165) is 4.88 Å². The van der Waals surface area contributed by atoms with Crippen LogP contribution in [-0.2, 0) is 14.6 Å². The van der Waals surface area contributed by atoms with Crippen molar-refractivity contribution in [3.05, 3.63) is 15.8 Å². The van der Waals surface area contributed by atoms with E-state index in [1.54, 1.807) is 6.07 Å². The fourth-order valence-corrected chi connectivity index (χ4v) is 4.07. The summed E-state index contributed by atoms with van der Waals surface area (Å²) in [4.78, 5) is 13.0. The second kappa shape index (κ2) is 4.30. The van der Waals surface area contributed by atoms with Crippen LogP contribution in [0.2, 0.25) is 0 Å². The van der Waals surface area contributed by atoms with Gasteiger partial charge in [0.25, 0.3) is 0 Å². The summed E-state index contributed by atoms with van der Waals surface area (Å²) in [7, 11) is -3.02. The molecule has 1 saturated heterocycles. The number of rotatable bonds is 2. The van der Waals surface area contributed by atoms with E-state index in [2.05, 4.69) is 0 Å². The molecule has 2 N–H and O–H groups in total. The third kappa shape index (κ3) is 2.78. The summed E-state index contributed by atoms with van der Waals surface area (Å²) in [6, 6.07) is 1.56. The normalized spacial score (nSPS) is 22.5. The Morgan fingerprint density at radius 2 is 2.29 bits per heavy atom. The van der Waals surface area contributed by atoms with Crippen LogP contribution in [0.25, 0.3) is 0 Å². The van der Waals surface area contributed by atoms with Gasteiger partial charge >= 0.3 is 5.97 Å². The number of esters is 1. The number of sulfone groups is 1. The number of anilines is 1. The van der Waals surface area contributed by atoms with Crippen LogP contribution in [0.15, 0.2) is 6.07 Å². The molecule has 5 nitrogen and oxygen atoms in total. The summed E-state index contributed by atoms with van der Waals surface area (Å²) in [5, 5.41) is 0. The lowest BCUT2D eigenvalue weighted by Crippen LogP contribution is -2.18. The Morgan fingerprint density at radius 1 is 1.59 bits per heavy atom. The molecule has 0 radical (unpaired) electrons. The van der Waals surface area contributed by atoms with Gasteiger partial charge in [0.1, 0.15) is 11.0 Å². The van der Waals surface area contributed by atoms with Gasteiger partial charge in [0.2, 0.25) is 0 Å². The Kier molecular flexibility index (Phi) is 3.13. The summed E-state index contributed by atoms with van der Waals surface area (Å²) >= 11 is 1.26. The average Bonchev–Trinajstić information content (AvgIpc) is 2.71. The van der Waals surface area contributed by atoms with Crippen molar-refractivity contribution in [2.45, 2.75) is 19.4 Å². The van der Waals surface area contributed by atoms with Gasteiger partial charge < -0.3 is 10.5 Å². The zero-order chi connectivity index (χ0) is 12.6. The molecule has 1 atom stereocenters. The number of ether oxygens (including phenoxy) is 1. The Balaban J connectivity index is 2.03. The highest BCUT2D eigenvalue weighted by Gasteiger charge is 2.31. The Hall–Kier alpha value is -1.08. The largest absolute Gasteiger partial charge is 0.457 e. The summed E-state index contributed by atoms with van der Waals surface area (Å²) in [5.74, 6) is -0.466. The van der Waals surface area contributed by atoms with E-state index in [9.17, 15) is 13.2 Å². The molecule has 2 heterocycles. The molecule has 94 valence electrons. The minimum absolute atomic E-state index is 0.0709. The molecular formula is C10H13NO4S2. The molecule has 17 heavy (non-hydrogen) atoms. The third-order valence-electron chi connectivity index (χ3n) is 2.62. The molecule has 0 saturated carbocycles. The highest BCUT2D eigenvalue weighted by Crippen LogP contribution is 2.25. The predicted octanol–water partition coefficient (Wildman–Crippen LogP) is 0.983. The molecule has 0 spiro atoms. The fourth-order valence-electron chi connectivity index (χ4n) is 1.66. The molecule has 1 aliphatic rings. The molecule has 1 aliphatic heterocycles. The van der Waals surface area contributed by atoms with Crippen LogP contribution in [-0.4, -0.2) is 32.0 Å². The third-order valence-corrected chi connectivity index (χ3v) is 5.41. The lowest BCUT2D eigenvalue weighted by Gasteiger charge is -2.08. The highest BCUT2D eigenvalue weighted by molar-refractivity contribution is 7.91. The fraction of sp³-hybridized carbons (Fsp3) is 0.500. The van der Waals surface area contributed by atoms with Gasteiger partial charge in [-0.2, -0.15) is 0 Å². The van der Waals surface area contributed by atoms with E-state index in [4.69, 9.17) is 10.5 Å². The van der Waals surface area contributed by atoms with Crippen molar-refractivity contribution in [2.24, 2.45) is 0 Å². The molecule has 0 amide bonds. The van der Waals surface area contributed by atoms with Crippen molar-refractivity contribution in [3.63, 3.8) is 0 Å². The second-order valence-electron chi connectivity index (χ2n) is 4.05. The molecule has 7 heteroatoms. The quantitative estimate of drug-likeness (QED) is 0.813. The second-order valence-corrected chi connectivity index (χ2v) is 7.54. The SMILES string of the molecule is Cc1sc(C(=O)OC2CCS(=O)(=O)C2)cc1N. The van der Waals surface area contributed by atoms with E-state index >= 15 is 0 Å². The Labute approximate surface area is 103 Å². The van der Waals surface area contributed by atoms with E-state index in [1.165, 1.54) is 11.3 Å². The van der Waals surface area contributed by atoms with Crippen LogP contribution in [0.1, 0.15) is 21.0 Å². The number of carbonyl (C=O) groups is 1. The molecule has 0 bridgehead atoms. The summed E-state index contributed by atoms with van der Waals surface area (Å²) in [6.07, 6.45) is -0.135. The molecule has 1 fully saturated rings. The highest BCUT2D eigenvalue weighted by atomic mass is 32.2. The van der Waals surface area contributed by atoms with Gasteiger partial charge in [-0.25, -0.2) is 13.2 Å². The van der Waals surface area contributed by atoms with Crippen molar-refractivity contribution in [3.8, 4) is 0 Å². The van der Waals surface area contributed by atoms with Crippen molar-refractivity contribution in [2.75, 3.05) is 17.2 Å². The first-order valence-electron chi connectivity index (χ1n) is 5.15. The monoisotopic (exact) mass is 275 g/mol. The number of thiophene rings is 1. The number of hydrogen-bond donors (Lipinski definition) is 1. The molecular weight excluding hydrogens is 262 g/mol. The van der Waals surface area contributed by atoms with E-state index in [-0.39, 0.29) is 11.5 Å². The van der Waals surface area contributed by atoms with Crippen LogP contribution in [0.4, 0.5) is 5.69 Å². The maximum absolute atomic E-state index is 11.7. The van der Waals surface area contributed by atoms with Gasteiger partial charge in [0.15, 0.2) is 9.84 Å². The Bertz CT molecular complexity index is 527.